The first-order valence-corrected chi connectivity index (χ1v) is 7.47. The van der Waals surface area contributed by atoms with Gasteiger partial charge < -0.3 is 4.74 Å². The highest BCUT2D eigenvalue weighted by Crippen LogP contribution is 2.09. The van der Waals surface area contributed by atoms with Gasteiger partial charge in [-0.05, 0) is 24.1 Å². The summed E-state index contributed by atoms with van der Waals surface area (Å²) in [6.45, 7) is -0.141. The minimum absolute atomic E-state index is 0.00257. The molecule has 0 radical (unpaired) electrons. The van der Waals surface area contributed by atoms with Crippen molar-refractivity contribution in [2.45, 2.75) is 19.4 Å². The van der Waals surface area contributed by atoms with Gasteiger partial charge in [-0.3, -0.25) is 4.79 Å². The van der Waals surface area contributed by atoms with Gasteiger partial charge in [0.25, 0.3) is 0 Å². The van der Waals surface area contributed by atoms with Crippen molar-refractivity contribution >= 4 is 16.0 Å². The summed E-state index contributed by atoms with van der Waals surface area (Å²) in [5, 5.41) is 0. The third kappa shape index (κ3) is 5.62. The lowest BCUT2D eigenvalue weighted by Gasteiger charge is -2.07. The zero-order valence-corrected chi connectivity index (χ0v) is 11.7. The molecule has 1 rings (SSSR count). The summed E-state index contributed by atoms with van der Waals surface area (Å²) >= 11 is 0. The van der Waals surface area contributed by atoms with Crippen molar-refractivity contribution < 1.29 is 26.7 Å². The number of carbonyl (C=O) groups excluding carboxylic acids is 1. The molecule has 0 aliphatic rings. The van der Waals surface area contributed by atoms with E-state index in [1.807, 2.05) is 0 Å². The van der Waals surface area contributed by atoms with Crippen molar-refractivity contribution in [1.29, 1.82) is 0 Å². The standard InChI is InChI=1S/C12H15F2NO4S/c1-19-12(16)3-2-6-20(17,18)15-8-9-4-5-10(13)11(14)7-9/h4-5,7,15H,2-3,6,8H2,1H3. The van der Waals surface area contributed by atoms with Crippen LogP contribution < -0.4 is 4.72 Å². The normalized spacial score (nSPS) is 11.3. The third-order valence-corrected chi connectivity index (χ3v) is 3.91. The second kappa shape index (κ2) is 7.30. The summed E-state index contributed by atoms with van der Waals surface area (Å²) in [6, 6.07) is 3.14. The first kappa shape index (κ1) is 16.5. The molecule has 0 fully saturated rings. The average Bonchev–Trinajstić information content (AvgIpc) is 2.40. The van der Waals surface area contributed by atoms with Crippen LogP contribution in [0.4, 0.5) is 8.78 Å². The number of esters is 1. The maximum Gasteiger partial charge on any atom is 0.305 e. The highest BCUT2D eigenvalue weighted by molar-refractivity contribution is 7.89. The Morgan fingerprint density at radius 1 is 1.30 bits per heavy atom. The topological polar surface area (TPSA) is 72.5 Å². The zero-order chi connectivity index (χ0) is 15.2. The molecule has 0 bridgehead atoms. The highest BCUT2D eigenvalue weighted by atomic mass is 32.2. The number of hydrogen-bond donors (Lipinski definition) is 1. The molecule has 1 aromatic rings. The Morgan fingerprint density at radius 2 is 2.00 bits per heavy atom. The molecule has 0 aromatic heterocycles. The van der Waals surface area contributed by atoms with E-state index in [9.17, 15) is 22.0 Å². The van der Waals surface area contributed by atoms with E-state index in [-0.39, 0.29) is 25.1 Å². The molecule has 0 unspecified atom stereocenters. The minimum Gasteiger partial charge on any atom is -0.469 e. The van der Waals surface area contributed by atoms with E-state index in [0.717, 1.165) is 12.1 Å². The Balaban J connectivity index is 2.46. The van der Waals surface area contributed by atoms with Crippen LogP contribution >= 0.6 is 0 Å². The molecule has 1 aromatic carbocycles. The number of benzene rings is 1. The lowest BCUT2D eigenvalue weighted by Crippen LogP contribution is -2.26. The van der Waals surface area contributed by atoms with Crippen molar-refractivity contribution in [2.24, 2.45) is 0 Å². The molecule has 5 nitrogen and oxygen atoms in total. The fraction of sp³-hybridized carbons (Fsp3) is 0.417. The Labute approximate surface area is 116 Å². The Bertz CT molecular complexity index is 575. The van der Waals surface area contributed by atoms with E-state index >= 15 is 0 Å². The first-order valence-electron chi connectivity index (χ1n) is 5.82. The molecule has 1 N–H and O–H groups in total. The summed E-state index contributed by atoms with van der Waals surface area (Å²) in [5.41, 5.74) is 0.306. The number of hydrogen-bond acceptors (Lipinski definition) is 4. The maximum absolute atomic E-state index is 12.9. The lowest BCUT2D eigenvalue weighted by atomic mass is 10.2. The largest absolute Gasteiger partial charge is 0.469 e. The van der Waals surface area contributed by atoms with Crippen LogP contribution in [0.3, 0.4) is 0 Å². The highest BCUT2D eigenvalue weighted by Gasteiger charge is 2.12. The van der Waals surface area contributed by atoms with Crippen molar-refractivity contribution in [3.8, 4) is 0 Å². The van der Waals surface area contributed by atoms with E-state index < -0.39 is 27.6 Å². The SMILES string of the molecule is COC(=O)CCCS(=O)(=O)NCc1ccc(F)c(F)c1. The van der Waals surface area contributed by atoms with Crippen LogP contribution in [0, 0.1) is 11.6 Å². The third-order valence-electron chi connectivity index (χ3n) is 2.50. The number of ether oxygens (including phenoxy) is 1. The molecule has 0 atom stereocenters. The molecule has 8 heteroatoms. The summed E-state index contributed by atoms with van der Waals surface area (Å²) in [7, 11) is -2.36. The van der Waals surface area contributed by atoms with Gasteiger partial charge in [-0.1, -0.05) is 6.07 Å². The smallest absolute Gasteiger partial charge is 0.305 e. The molecule has 0 heterocycles. The maximum atomic E-state index is 12.9. The summed E-state index contributed by atoms with van der Waals surface area (Å²) in [6.07, 6.45) is 0.127. The van der Waals surface area contributed by atoms with E-state index in [4.69, 9.17) is 0 Å². The molecule has 0 saturated heterocycles. The van der Waals surface area contributed by atoms with Crippen LogP contribution in [-0.4, -0.2) is 27.2 Å². The van der Waals surface area contributed by atoms with Gasteiger partial charge in [0.1, 0.15) is 0 Å². The predicted molar refractivity (Wildman–Crippen MR) is 68.2 cm³/mol. The van der Waals surface area contributed by atoms with Gasteiger partial charge in [-0.2, -0.15) is 0 Å². The summed E-state index contributed by atoms with van der Waals surface area (Å²) < 4.78 is 55.4. The number of nitrogens with one attached hydrogen (secondary N) is 1. The monoisotopic (exact) mass is 307 g/mol. The second-order valence-corrected chi connectivity index (χ2v) is 5.99. The molecule has 0 saturated carbocycles. The van der Waals surface area contributed by atoms with Crippen molar-refractivity contribution in [1.82, 2.24) is 4.72 Å². The van der Waals surface area contributed by atoms with Crippen LogP contribution in [0.5, 0.6) is 0 Å². The van der Waals surface area contributed by atoms with Crippen LogP contribution in [-0.2, 0) is 26.1 Å². The molecule has 20 heavy (non-hydrogen) atoms. The Kier molecular flexibility index (Phi) is 6.03. The first-order chi connectivity index (χ1) is 9.34. The molecular weight excluding hydrogens is 292 g/mol. The minimum atomic E-state index is -3.58. The summed E-state index contributed by atoms with van der Waals surface area (Å²) in [5.74, 6) is -2.76. The number of halogens is 2. The van der Waals surface area contributed by atoms with Crippen molar-refractivity contribution in [3.05, 3.63) is 35.4 Å². The zero-order valence-electron chi connectivity index (χ0n) is 10.9. The second-order valence-electron chi connectivity index (χ2n) is 4.07. The number of carbonyl (C=O) groups is 1. The van der Waals surface area contributed by atoms with Crippen LogP contribution in [0.25, 0.3) is 0 Å². The van der Waals surface area contributed by atoms with Gasteiger partial charge in [0.15, 0.2) is 11.6 Å². The quantitative estimate of drug-likeness (QED) is 0.772. The van der Waals surface area contributed by atoms with Crippen molar-refractivity contribution in [3.63, 3.8) is 0 Å². The number of sulfonamides is 1. The number of methoxy groups -OCH3 is 1. The molecule has 0 spiro atoms. The van der Waals surface area contributed by atoms with Crippen LogP contribution in [0.2, 0.25) is 0 Å². The van der Waals surface area contributed by atoms with E-state index in [0.29, 0.717) is 5.56 Å². The lowest BCUT2D eigenvalue weighted by molar-refractivity contribution is -0.140. The fourth-order valence-electron chi connectivity index (χ4n) is 1.42. The molecular formula is C12H15F2NO4S. The summed E-state index contributed by atoms with van der Waals surface area (Å²) in [4.78, 5) is 10.8. The van der Waals surface area contributed by atoms with E-state index in [1.165, 1.54) is 13.2 Å². The Morgan fingerprint density at radius 3 is 2.60 bits per heavy atom. The van der Waals surface area contributed by atoms with Gasteiger partial charge in [0.05, 0.1) is 12.9 Å². The van der Waals surface area contributed by atoms with Crippen LogP contribution in [0.15, 0.2) is 18.2 Å². The predicted octanol–water partition coefficient (Wildman–Crippen LogP) is 1.34. The van der Waals surface area contributed by atoms with E-state index in [2.05, 4.69) is 9.46 Å². The molecule has 112 valence electrons. The van der Waals surface area contributed by atoms with Gasteiger partial charge in [-0.25, -0.2) is 21.9 Å². The molecule has 0 amide bonds. The van der Waals surface area contributed by atoms with Gasteiger partial charge in [0.2, 0.25) is 10.0 Å². The van der Waals surface area contributed by atoms with Gasteiger partial charge >= 0.3 is 5.97 Å². The van der Waals surface area contributed by atoms with Gasteiger partial charge in [-0.15, -0.1) is 0 Å². The fourth-order valence-corrected chi connectivity index (χ4v) is 2.48. The van der Waals surface area contributed by atoms with Crippen molar-refractivity contribution in [2.75, 3.05) is 12.9 Å². The molecule has 0 aliphatic heterocycles. The van der Waals surface area contributed by atoms with Crippen LogP contribution in [0.1, 0.15) is 18.4 Å². The van der Waals surface area contributed by atoms with E-state index in [1.54, 1.807) is 0 Å². The molecule has 0 aliphatic carbocycles. The Hall–Kier alpha value is -1.54. The average molecular weight is 307 g/mol. The number of rotatable bonds is 7. The van der Waals surface area contributed by atoms with Gasteiger partial charge in [0, 0.05) is 13.0 Å².